The molecule has 1 aromatic heterocycles. The molecule has 6 N–H and O–H groups in total. The number of aromatic nitrogens is 2. The second-order valence-electron chi connectivity index (χ2n) is 19.1. The van der Waals surface area contributed by atoms with Crippen LogP contribution in [0.5, 0.6) is 0 Å². The average molecular weight is 1130 g/mol. The maximum Gasteiger partial charge on any atom is 0.481 e. The quantitative estimate of drug-likeness (QED) is 0.0133. The largest absolute Gasteiger partial charge is 0.481 e. The number of ether oxygens (including phenoxy) is 4. The monoisotopic (exact) mass is 1130 g/mol. The van der Waals surface area contributed by atoms with Gasteiger partial charge in [0.05, 0.1) is 25.4 Å². The molecule has 1 aromatic rings. The third-order valence-corrected chi connectivity index (χ3v) is 14.9. The van der Waals surface area contributed by atoms with E-state index in [9.17, 15) is 43.5 Å². The molecule has 0 spiro atoms. The molecule has 2 saturated heterocycles. The van der Waals surface area contributed by atoms with Gasteiger partial charge < -0.3 is 44.7 Å². The molecule has 438 valence electrons. The van der Waals surface area contributed by atoms with Gasteiger partial charge in [0.2, 0.25) is 0 Å². The van der Waals surface area contributed by atoms with Crippen LogP contribution in [0.15, 0.2) is 114 Å². The highest BCUT2D eigenvalue weighted by molar-refractivity contribution is 7.61. The number of esters is 2. The summed E-state index contributed by atoms with van der Waals surface area (Å²) < 4.78 is 62.5. The lowest BCUT2D eigenvalue weighted by Crippen LogP contribution is -2.36. The lowest BCUT2D eigenvalue weighted by atomic mass is 10.1. The number of carbonyl (C=O) groups excluding carboxylic acids is 2. The predicted molar refractivity (Wildman–Crippen MR) is 302 cm³/mol. The lowest BCUT2D eigenvalue weighted by molar-refractivity contribution is -0.161. The Kier molecular flexibility index (Phi) is 35.5. The summed E-state index contributed by atoms with van der Waals surface area (Å²) in [6.07, 6.45) is 48.1. The maximum absolute atomic E-state index is 12.9. The van der Waals surface area contributed by atoms with Gasteiger partial charge in [-0.05, 0) is 96.0 Å². The highest BCUT2D eigenvalue weighted by Crippen LogP contribution is 2.60. The molecule has 78 heavy (non-hydrogen) atoms. The van der Waals surface area contributed by atoms with Crippen molar-refractivity contribution in [1.82, 2.24) is 9.55 Å². The third kappa shape index (κ3) is 32.0. The van der Waals surface area contributed by atoms with E-state index in [-0.39, 0.29) is 18.7 Å². The van der Waals surface area contributed by atoms with E-state index in [1.54, 1.807) is 0 Å². The second-order valence-corrected chi connectivity index (χ2v) is 22.1. The van der Waals surface area contributed by atoms with Crippen LogP contribution in [0.3, 0.4) is 0 Å². The van der Waals surface area contributed by atoms with Gasteiger partial charge in [-0.1, -0.05) is 156 Å². The van der Waals surface area contributed by atoms with Crippen molar-refractivity contribution in [2.24, 2.45) is 0 Å². The second kappa shape index (κ2) is 40.8. The zero-order valence-electron chi connectivity index (χ0n) is 45.9. The maximum atomic E-state index is 12.9. The van der Waals surface area contributed by atoms with E-state index >= 15 is 0 Å². The van der Waals surface area contributed by atoms with Crippen molar-refractivity contribution >= 4 is 33.4 Å². The topological polar surface area (TPSA) is 278 Å². The van der Waals surface area contributed by atoms with E-state index in [0.29, 0.717) is 31.5 Å². The number of unbranched alkanes of at least 4 members (excludes halogenated alkanes) is 10. The number of epoxide rings is 1. The number of nitrogen functional groups attached to an aromatic ring is 1. The average Bonchev–Trinajstić information content (AvgIpc) is 4.11. The Bertz CT molecular complexity index is 2260. The summed E-state index contributed by atoms with van der Waals surface area (Å²) in [5, 5.41) is 21.0. The first-order valence-electron chi connectivity index (χ1n) is 27.9. The summed E-state index contributed by atoms with van der Waals surface area (Å²) in [5.41, 5.74) is 4.59. The molecular weight excluding hydrogens is 1040 g/mol. The Morgan fingerprint density at radius 1 is 0.641 bits per heavy atom. The van der Waals surface area contributed by atoms with Crippen LogP contribution in [0.1, 0.15) is 168 Å². The number of hydrogen-bond donors (Lipinski definition) is 5. The van der Waals surface area contributed by atoms with Crippen LogP contribution in [0.25, 0.3) is 0 Å². The SMILES string of the molecule is CC/C=C\CC1OC1C/C=C\C/C=C\C/C=C\C/C=C\CCC(=O)OC[C@H](COP(=O)(O)OP(=O)(O)OC[C@H]1O[C@@H](n2ccc(N)nc2=O)[C@H](O)[C@@H]1O)OC(=O)CCCCCCCC/C=C\C/C=C\C/C=C\CCCCCC. The molecule has 0 aliphatic carbocycles. The third-order valence-electron chi connectivity index (χ3n) is 12.3. The van der Waals surface area contributed by atoms with Crippen molar-refractivity contribution in [3.05, 3.63) is 120 Å². The molecule has 0 saturated carbocycles. The first-order valence-corrected chi connectivity index (χ1v) is 30.9. The van der Waals surface area contributed by atoms with E-state index in [1.807, 2.05) is 18.2 Å². The minimum Gasteiger partial charge on any atom is -0.462 e. The molecule has 3 heterocycles. The first-order chi connectivity index (χ1) is 37.6. The Labute approximate surface area is 462 Å². The number of anilines is 1. The molecule has 0 aromatic carbocycles. The molecule has 21 heteroatoms. The fourth-order valence-electron chi connectivity index (χ4n) is 7.92. The van der Waals surface area contributed by atoms with E-state index in [4.69, 9.17) is 33.7 Å². The molecule has 2 fully saturated rings. The van der Waals surface area contributed by atoms with Crippen molar-refractivity contribution in [2.75, 3.05) is 25.6 Å². The van der Waals surface area contributed by atoms with Crippen molar-refractivity contribution in [2.45, 2.75) is 204 Å². The van der Waals surface area contributed by atoms with Gasteiger partial charge in [-0.15, -0.1) is 0 Å². The molecule has 3 rings (SSSR count). The Hall–Kier alpha value is -4.36. The van der Waals surface area contributed by atoms with Crippen molar-refractivity contribution in [3.63, 3.8) is 0 Å². The van der Waals surface area contributed by atoms with Crippen LogP contribution >= 0.6 is 15.6 Å². The minimum absolute atomic E-state index is 0.0100. The standard InChI is InChI=1S/C57H89N3O16P2/c1-3-5-7-8-9-10-11-12-13-14-15-16-17-18-19-24-27-30-33-37-41-53(62)73-47(44-70-52(61)40-36-32-29-26-23-21-20-22-25-28-31-35-39-49-48(74-49)38-34-6-4-2)45-71-77(66,67)76-78(68,69)72-46-50-54(63)55(64)56(75-50)60-43-42-51(58)59-57(60)65/h6,10-11,13-14,16-17,21-23,25,29,31-32,34-35,42-43,47-50,54-56,63-64H,3-5,7-9,12,15,18-20,24,26-28,30,33,36-41,44-46H2,1-2H3,(H,66,67)(H,68,69)(H2,58,59,65)/b11-10-,14-13-,17-16-,23-21-,25-22-,32-29-,34-6-,35-31-/t47-,48?,49?,50-,54-,55-,56-/m1/s1. The van der Waals surface area contributed by atoms with Crippen LogP contribution in [0.2, 0.25) is 0 Å². The number of allylic oxidation sites excluding steroid dienone is 14. The molecule has 0 radical (unpaired) electrons. The Balaban J connectivity index is 1.39. The molecule has 19 nitrogen and oxygen atoms in total. The molecule has 0 amide bonds. The molecule has 2 aliphatic heterocycles. The number of phosphoric ester groups is 2. The summed E-state index contributed by atoms with van der Waals surface area (Å²) >= 11 is 0. The van der Waals surface area contributed by atoms with E-state index in [0.717, 1.165) is 101 Å². The summed E-state index contributed by atoms with van der Waals surface area (Å²) in [6, 6.07) is 1.24. The highest BCUT2D eigenvalue weighted by Gasteiger charge is 2.46. The van der Waals surface area contributed by atoms with Gasteiger partial charge in [0.1, 0.15) is 30.7 Å². The van der Waals surface area contributed by atoms with Crippen LogP contribution in [-0.4, -0.2) is 97.9 Å². The number of aliphatic hydroxyl groups excluding tert-OH is 2. The van der Waals surface area contributed by atoms with E-state index < -0.39 is 83.7 Å². The van der Waals surface area contributed by atoms with Gasteiger partial charge in [0.15, 0.2) is 12.3 Å². The number of hydrogen-bond acceptors (Lipinski definition) is 16. The molecule has 2 aliphatic rings. The zero-order valence-corrected chi connectivity index (χ0v) is 47.7. The van der Waals surface area contributed by atoms with Gasteiger partial charge in [-0.2, -0.15) is 9.29 Å². The number of nitrogens with zero attached hydrogens (tertiary/aromatic N) is 2. The van der Waals surface area contributed by atoms with Crippen LogP contribution in [-0.2, 0) is 51.0 Å². The lowest BCUT2D eigenvalue weighted by Gasteiger charge is -2.21. The van der Waals surface area contributed by atoms with Gasteiger partial charge >= 0.3 is 33.3 Å². The Morgan fingerprint density at radius 3 is 1.76 bits per heavy atom. The van der Waals surface area contributed by atoms with E-state index in [2.05, 4.69) is 102 Å². The summed E-state index contributed by atoms with van der Waals surface area (Å²) in [4.78, 5) is 62.1. The fourth-order valence-corrected chi connectivity index (χ4v) is 10.0. The first kappa shape index (κ1) is 67.9. The number of nitrogens with two attached hydrogens (primary N) is 1. The van der Waals surface area contributed by atoms with Crippen molar-refractivity contribution < 1.29 is 71.0 Å². The van der Waals surface area contributed by atoms with Gasteiger partial charge in [-0.25, -0.2) is 13.9 Å². The predicted octanol–water partition coefficient (Wildman–Crippen LogP) is 11.4. The van der Waals surface area contributed by atoms with Crippen LogP contribution < -0.4 is 11.4 Å². The summed E-state index contributed by atoms with van der Waals surface area (Å²) in [7, 11) is -10.9. The van der Waals surface area contributed by atoms with Crippen LogP contribution in [0, 0.1) is 0 Å². The smallest absolute Gasteiger partial charge is 0.462 e. The number of phosphoric acid groups is 2. The Morgan fingerprint density at radius 2 is 1.17 bits per heavy atom. The van der Waals surface area contributed by atoms with Crippen molar-refractivity contribution in [3.8, 4) is 0 Å². The number of carbonyl (C=O) groups is 2. The number of aliphatic hydroxyl groups is 2. The molecule has 0 bridgehead atoms. The fraction of sp³-hybridized carbons (Fsp3) is 0.614. The summed E-state index contributed by atoms with van der Waals surface area (Å²) in [5.74, 6) is -1.42. The minimum atomic E-state index is -5.45. The van der Waals surface area contributed by atoms with E-state index in [1.165, 1.54) is 31.7 Å². The van der Waals surface area contributed by atoms with Crippen LogP contribution in [0.4, 0.5) is 5.82 Å². The zero-order chi connectivity index (χ0) is 56.7. The highest BCUT2D eigenvalue weighted by atomic mass is 31.3. The van der Waals surface area contributed by atoms with Gasteiger partial charge in [-0.3, -0.25) is 23.2 Å². The summed E-state index contributed by atoms with van der Waals surface area (Å²) in [6.45, 7) is 1.94. The van der Waals surface area contributed by atoms with Gasteiger partial charge in [0, 0.05) is 19.0 Å². The van der Waals surface area contributed by atoms with Crippen molar-refractivity contribution in [1.29, 1.82) is 0 Å². The van der Waals surface area contributed by atoms with Gasteiger partial charge in [0.25, 0.3) is 0 Å². The number of rotatable bonds is 44. The molecular formula is C57H89N3O16P2. The molecule has 4 unspecified atom stereocenters. The molecule has 9 atom stereocenters. The normalized spacial score (nSPS) is 21.9.